The van der Waals surface area contributed by atoms with E-state index >= 15 is 0 Å². The number of nitrogens with one attached hydrogen (secondary N) is 3. The number of thiazole rings is 1. The average Bonchev–Trinajstić information content (AvgIpc) is 3.07. The van der Waals surface area contributed by atoms with Crippen molar-refractivity contribution in [3.05, 3.63) is 46.2 Å². The summed E-state index contributed by atoms with van der Waals surface area (Å²) < 4.78 is 50.8. The minimum absolute atomic E-state index is 0.0259. The Bertz CT molecular complexity index is 806. The molecule has 27 heavy (non-hydrogen) atoms. The van der Waals surface area contributed by atoms with E-state index in [0.717, 1.165) is 16.7 Å². The van der Waals surface area contributed by atoms with Crippen LogP contribution in [0.15, 0.2) is 34.6 Å². The highest BCUT2D eigenvalue weighted by Gasteiger charge is 2.33. The largest absolute Gasteiger partial charge is 0.434 e. The lowest BCUT2D eigenvalue weighted by Crippen LogP contribution is -2.37. The van der Waals surface area contributed by atoms with Crippen LogP contribution in [0.5, 0.6) is 0 Å². The van der Waals surface area contributed by atoms with Crippen molar-refractivity contribution in [3.8, 4) is 0 Å². The third-order valence-corrected chi connectivity index (χ3v) is 3.93. The summed E-state index contributed by atoms with van der Waals surface area (Å²) in [4.78, 5) is 19.4. The normalized spacial score (nSPS) is 12.0. The van der Waals surface area contributed by atoms with Crippen LogP contribution in [-0.2, 0) is 17.5 Å². The zero-order valence-corrected chi connectivity index (χ0v) is 15.0. The second-order valence-electron chi connectivity index (χ2n) is 5.23. The van der Waals surface area contributed by atoms with Crippen molar-refractivity contribution in [2.45, 2.75) is 19.6 Å². The van der Waals surface area contributed by atoms with Gasteiger partial charge in [-0.05, 0) is 25.1 Å². The lowest BCUT2D eigenvalue weighted by molar-refractivity contribution is -0.140. The summed E-state index contributed by atoms with van der Waals surface area (Å²) in [5.41, 5.74) is -0.642. The minimum atomic E-state index is -4.48. The van der Waals surface area contributed by atoms with E-state index in [-0.39, 0.29) is 24.1 Å². The second-order valence-corrected chi connectivity index (χ2v) is 6.17. The number of aromatic nitrogens is 1. The van der Waals surface area contributed by atoms with Gasteiger partial charge >= 0.3 is 6.18 Å². The molecule has 11 heteroatoms. The average molecular weight is 403 g/mol. The summed E-state index contributed by atoms with van der Waals surface area (Å²) in [5.74, 6) is -0.699. The summed E-state index contributed by atoms with van der Waals surface area (Å²) in [6, 6.07) is 5.42. The number of alkyl halides is 3. The summed E-state index contributed by atoms with van der Waals surface area (Å²) in [7, 11) is 0. The molecule has 6 nitrogen and oxygen atoms in total. The van der Waals surface area contributed by atoms with Crippen LogP contribution in [0, 0.1) is 5.82 Å². The molecular formula is C16H17F4N5OS. The van der Waals surface area contributed by atoms with Crippen LogP contribution in [0.4, 0.5) is 23.2 Å². The second kappa shape index (κ2) is 9.31. The van der Waals surface area contributed by atoms with Gasteiger partial charge in [-0.25, -0.2) is 14.4 Å². The van der Waals surface area contributed by atoms with E-state index in [1.807, 2.05) is 0 Å². The standard InChI is InChI=1S/C16H17F4N5OS/c1-2-21-15(23-8-14-25-12(9-27-14)16(18,19)20)22-7-13(26)24-11-5-3-4-10(17)6-11/h3-6,9H,2,7-8H2,1H3,(H,24,26)(H2,21,22,23). The third-order valence-electron chi connectivity index (χ3n) is 3.08. The molecule has 3 N–H and O–H groups in total. The predicted molar refractivity (Wildman–Crippen MR) is 95.0 cm³/mol. The lowest BCUT2D eigenvalue weighted by atomic mass is 10.3. The molecule has 0 unspecified atom stereocenters. The molecule has 0 saturated heterocycles. The van der Waals surface area contributed by atoms with Gasteiger partial charge in [0.25, 0.3) is 0 Å². The van der Waals surface area contributed by atoms with Gasteiger partial charge < -0.3 is 16.0 Å². The van der Waals surface area contributed by atoms with Crippen LogP contribution in [0.2, 0.25) is 0 Å². The van der Waals surface area contributed by atoms with Crippen LogP contribution in [-0.4, -0.2) is 29.9 Å². The number of aliphatic imine (C=N–C) groups is 1. The number of hydrogen-bond acceptors (Lipinski definition) is 4. The number of guanidine groups is 1. The molecule has 1 amide bonds. The van der Waals surface area contributed by atoms with E-state index < -0.39 is 23.6 Å². The smallest absolute Gasteiger partial charge is 0.357 e. The Kier molecular flexibility index (Phi) is 7.11. The molecule has 1 aromatic heterocycles. The van der Waals surface area contributed by atoms with E-state index in [4.69, 9.17) is 0 Å². The first-order valence-electron chi connectivity index (χ1n) is 7.87. The monoisotopic (exact) mass is 403 g/mol. The van der Waals surface area contributed by atoms with Gasteiger partial charge in [0.05, 0.1) is 6.54 Å². The van der Waals surface area contributed by atoms with Crippen molar-refractivity contribution >= 4 is 28.9 Å². The molecule has 2 aromatic rings. The first-order valence-corrected chi connectivity index (χ1v) is 8.75. The number of hydrogen-bond donors (Lipinski definition) is 3. The summed E-state index contributed by atoms with van der Waals surface area (Å²) in [6.45, 7) is 2.06. The summed E-state index contributed by atoms with van der Waals surface area (Å²) >= 11 is 0.873. The predicted octanol–water partition coefficient (Wildman–Crippen LogP) is 2.99. The van der Waals surface area contributed by atoms with E-state index in [1.165, 1.54) is 24.3 Å². The van der Waals surface area contributed by atoms with Crippen molar-refractivity contribution in [1.82, 2.24) is 15.6 Å². The van der Waals surface area contributed by atoms with Crippen molar-refractivity contribution in [2.75, 3.05) is 18.4 Å². The molecule has 0 aliphatic carbocycles. The van der Waals surface area contributed by atoms with E-state index in [2.05, 4.69) is 25.9 Å². The van der Waals surface area contributed by atoms with Crippen molar-refractivity contribution in [2.24, 2.45) is 4.99 Å². The Morgan fingerprint density at radius 3 is 2.70 bits per heavy atom. The zero-order valence-electron chi connectivity index (χ0n) is 14.2. The Morgan fingerprint density at radius 2 is 2.07 bits per heavy atom. The van der Waals surface area contributed by atoms with Gasteiger partial charge in [0.1, 0.15) is 17.4 Å². The van der Waals surface area contributed by atoms with E-state index in [1.54, 1.807) is 6.92 Å². The van der Waals surface area contributed by atoms with Crippen LogP contribution in [0.25, 0.3) is 0 Å². The molecule has 0 spiro atoms. The fourth-order valence-electron chi connectivity index (χ4n) is 1.94. The molecular weight excluding hydrogens is 386 g/mol. The maximum Gasteiger partial charge on any atom is 0.434 e. The molecule has 2 rings (SSSR count). The van der Waals surface area contributed by atoms with Crippen molar-refractivity contribution in [3.63, 3.8) is 0 Å². The highest BCUT2D eigenvalue weighted by atomic mass is 32.1. The number of benzene rings is 1. The first kappa shape index (κ1) is 20.6. The molecule has 0 fully saturated rings. The van der Waals surface area contributed by atoms with E-state index in [9.17, 15) is 22.4 Å². The fourth-order valence-corrected chi connectivity index (χ4v) is 2.68. The molecule has 146 valence electrons. The first-order chi connectivity index (χ1) is 12.8. The van der Waals surface area contributed by atoms with Crippen LogP contribution < -0.4 is 16.0 Å². The SMILES string of the molecule is CCNC(=NCC(=O)Nc1cccc(F)c1)NCc1nc(C(F)(F)F)cs1. The Morgan fingerprint density at radius 1 is 1.30 bits per heavy atom. The lowest BCUT2D eigenvalue weighted by Gasteiger charge is -2.10. The van der Waals surface area contributed by atoms with Crippen molar-refractivity contribution < 1.29 is 22.4 Å². The van der Waals surface area contributed by atoms with Gasteiger partial charge in [0.15, 0.2) is 11.7 Å². The molecule has 0 bridgehead atoms. The van der Waals surface area contributed by atoms with Crippen LogP contribution >= 0.6 is 11.3 Å². The maximum atomic E-state index is 13.1. The molecule has 1 aromatic carbocycles. The molecule has 0 aliphatic heterocycles. The van der Waals surface area contributed by atoms with Crippen LogP contribution in [0.3, 0.4) is 0 Å². The van der Waals surface area contributed by atoms with Gasteiger partial charge in [0.2, 0.25) is 5.91 Å². The quantitative estimate of drug-likeness (QED) is 0.394. The van der Waals surface area contributed by atoms with Gasteiger partial charge in [-0.2, -0.15) is 13.2 Å². The highest BCUT2D eigenvalue weighted by molar-refractivity contribution is 7.09. The molecule has 0 radical (unpaired) electrons. The summed E-state index contributed by atoms with van der Waals surface area (Å²) in [6.07, 6.45) is -4.48. The number of amides is 1. The van der Waals surface area contributed by atoms with Gasteiger partial charge in [0, 0.05) is 17.6 Å². The molecule has 0 atom stereocenters. The van der Waals surface area contributed by atoms with Crippen LogP contribution in [0.1, 0.15) is 17.6 Å². The maximum absolute atomic E-state index is 13.1. The van der Waals surface area contributed by atoms with Gasteiger partial charge in [-0.15, -0.1) is 11.3 Å². The van der Waals surface area contributed by atoms with Gasteiger partial charge in [-0.3, -0.25) is 4.79 Å². The Balaban J connectivity index is 1.91. The number of halogens is 4. The zero-order chi connectivity index (χ0) is 19.9. The number of anilines is 1. The number of carbonyl (C=O) groups is 1. The fraction of sp³-hybridized carbons (Fsp3) is 0.312. The number of rotatable bonds is 6. The van der Waals surface area contributed by atoms with Crippen molar-refractivity contribution in [1.29, 1.82) is 0 Å². The Labute approximate surface area is 156 Å². The van der Waals surface area contributed by atoms with E-state index in [0.29, 0.717) is 12.2 Å². The molecule has 1 heterocycles. The number of nitrogens with zero attached hydrogens (tertiary/aromatic N) is 2. The number of carbonyl (C=O) groups excluding carboxylic acids is 1. The third kappa shape index (κ3) is 6.85. The highest BCUT2D eigenvalue weighted by Crippen LogP contribution is 2.29. The molecule has 0 aliphatic rings. The topological polar surface area (TPSA) is 78.4 Å². The molecule has 0 saturated carbocycles. The minimum Gasteiger partial charge on any atom is -0.357 e. The Hall–Kier alpha value is -2.69. The summed E-state index contributed by atoms with van der Waals surface area (Å²) in [5, 5.41) is 9.35. The van der Waals surface area contributed by atoms with Gasteiger partial charge in [-0.1, -0.05) is 6.07 Å².